The summed E-state index contributed by atoms with van der Waals surface area (Å²) in [7, 11) is 0. The van der Waals surface area contributed by atoms with Crippen molar-refractivity contribution in [3.63, 3.8) is 0 Å². The van der Waals surface area contributed by atoms with Gasteiger partial charge in [0.1, 0.15) is 11.4 Å². The van der Waals surface area contributed by atoms with Gasteiger partial charge in [0.05, 0.1) is 12.3 Å². The van der Waals surface area contributed by atoms with Crippen LogP contribution in [0.3, 0.4) is 0 Å². The van der Waals surface area contributed by atoms with Crippen molar-refractivity contribution in [2.24, 2.45) is 11.8 Å². The lowest BCUT2D eigenvalue weighted by Crippen LogP contribution is -2.41. The molecule has 12 nitrogen and oxygen atoms in total. The number of ether oxygens (including phenoxy) is 1. The minimum absolute atomic E-state index is 0.0713. The van der Waals surface area contributed by atoms with Gasteiger partial charge in [-0.15, -0.1) is 10.2 Å². The first-order valence-electron chi connectivity index (χ1n) is 12.1. The van der Waals surface area contributed by atoms with Gasteiger partial charge in [0.25, 0.3) is 5.89 Å². The van der Waals surface area contributed by atoms with E-state index in [1.165, 1.54) is 6.20 Å². The maximum absolute atomic E-state index is 12.9. The van der Waals surface area contributed by atoms with Crippen molar-refractivity contribution in [2.45, 2.75) is 45.3 Å². The number of amides is 2. The van der Waals surface area contributed by atoms with E-state index in [1.54, 1.807) is 32.9 Å². The summed E-state index contributed by atoms with van der Waals surface area (Å²) in [5.74, 6) is 0.715. The number of aliphatic hydroxyl groups is 1. The minimum Gasteiger partial charge on any atom is -0.464 e. The van der Waals surface area contributed by atoms with Gasteiger partial charge in [-0.2, -0.15) is 4.90 Å². The fourth-order valence-corrected chi connectivity index (χ4v) is 4.84. The molecule has 3 heterocycles. The average molecular weight is 509 g/mol. The van der Waals surface area contributed by atoms with E-state index in [0.717, 1.165) is 12.8 Å². The number of benzene rings is 1. The SMILES string of the molecule is CC(C)(C)OC(=O)N(C(=O)O)c1ncc(N2C[C@@H]3CCC(O)[C@@H]3C2)nc1-c1nnc(-c2ccccc2)o1. The fraction of sp³-hybridized carbons (Fsp3) is 0.440. The summed E-state index contributed by atoms with van der Waals surface area (Å²) in [5.41, 5.74) is -0.356. The number of aliphatic hydroxyl groups excluding tert-OH is 1. The lowest BCUT2D eigenvalue weighted by atomic mass is 10.00. The predicted molar refractivity (Wildman–Crippen MR) is 132 cm³/mol. The third-order valence-electron chi connectivity index (χ3n) is 6.51. The third kappa shape index (κ3) is 4.96. The second kappa shape index (κ2) is 9.43. The first kappa shape index (κ1) is 24.6. The predicted octanol–water partition coefficient (Wildman–Crippen LogP) is 3.82. The molecular weight excluding hydrogens is 480 g/mol. The van der Waals surface area contributed by atoms with Crippen LogP contribution in [0.5, 0.6) is 0 Å². The Morgan fingerprint density at radius 2 is 1.84 bits per heavy atom. The summed E-state index contributed by atoms with van der Waals surface area (Å²) in [6, 6.07) is 9.07. The van der Waals surface area contributed by atoms with E-state index < -0.39 is 17.8 Å². The molecule has 1 aliphatic heterocycles. The van der Waals surface area contributed by atoms with Crippen molar-refractivity contribution >= 4 is 23.8 Å². The lowest BCUT2D eigenvalue weighted by Gasteiger charge is -2.25. The van der Waals surface area contributed by atoms with E-state index in [1.807, 2.05) is 23.1 Å². The monoisotopic (exact) mass is 508 g/mol. The summed E-state index contributed by atoms with van der Waals surface area (Å²) in [5, 5.41) is 28.4. The third-order valence-corrected chi connectivity index (χ3v) is 6.51. The molecule has 1 aromatic carbocycles. The van der Waals surface area contributed by atoms with Gasteiger partial charge in [-0.25, -0.2) is 19.6 Å². The van der Waals surface area contributed by atoms with Gasteiger partial charge in [-0.1, -0.05) is 18.2 Å². The van der Waals surface area contributed by atoms with E-state index in [2.05, 4.69) is 20.2 Å². The molecule has 1 saturated carbocycles. The molecule has 2 N–H and O–H groups in total. The number of carbonyl (C=O) groups excluding carboxylic acids is 1. The number of hydrogen-bond donors (Lipinski definition) is 2. The van der Waals surface area contributed by atoms with E-state index in [-0.39, 0.29) is 35.3 Å². The zero-order valence-electron chi connectivity index (χ0n) is 20.7. The topological polar surface area (TPSA) is 155 Å². The van der Waals surface area contributed by atoms with Crippen LogP contribution in [0.1, 0.15) is 33.6 Å². The van der Waals surface area contributed by atoms with Crippen molar-refractivity contribution < 1.29 is 29.0 Å². The van der Waals surface area contributed by atoms with Gasteiger partial charge in [-0.3, -0.25) is 0 Å². The number of carboxylic acid groups (broad SMARTS) is 1. The summed E-state index contributed by atoms with van der Waals surface area (Å²) >= 11 is 0. The Kier molecular flexibility index (Phi) is 6.28. The standard InChI is InChI=1S/C25H28N6O6/c1-25(2,3)37-24(35)31(23(33)34)20-19(22-29-28-21(36-22)14-7-5-4-6-8-14)27-18(11-26-20)30-12-15-9-10-17(32)16(15)13-30/h4-8,11,15-17,32H,9-10,12-13H2,1-3H3,(H,33,34)/t15-,16+,17?/m0/s1. The molecule has 37 heavy (non-hydrogen) atoms. The fourth-order valence-electron chi connectivity index (χ4n) is 4.84. The lowest BCUT2D eigenvalue weighted by molar-refractivity contribution is 0.0581. The number of aromatic nitrogens is 4. The second-order valence-corrected chi connectivity index (χ2v) is 10.3. The van der Waals surface area contributed by atoms with E-state index in [4.69, 9.17) is 9.15 Å². The van der Waals surface area contributed by atoms with Gasteiger partial charge >= 0.3 is 12.2 Å². The number of rotatable bonds is 4. The Morgan fingerprint density at radius 3 is 2.51 bits per heavy atom. The summed E-state index contributed by atoms with van der Waals surface area (Å²) in [4.78, 5) is 36.4. The largest absolute Gasteiger partial charge is 0.464 e. The molecule has 0 radical (unpaired) electrons. The Hall–Kier alpha value is -4.06. The van der Waals surface area contributed by atoms with Crippen LogP contribution in [-0.2, 0) is 4.74 Å². The van der Waals surface area contributed by atoms with Gasteiger partial charge in [0, 0.05) is 24.6 Å². The first-order chi connectivity index (χ1) is 17.6. The van der Waals surface area contributed by atoms with E-state index in [9.17, 15) is 19.8 Å². The molecule has 3 aromatic rings. The molecule has 2 aliphatic rings. The number of fused-ring (bicyclic) bond motifs is 1. The van der Waals surface area contributed by atoms with Gasteiger partial charge in [-0.05, 0) is 51.7 Å². The Labute approximate surface area is 212 Å². The Morgan fingerprint density at radius 1 is 1.11 bits per heavy atom. The van der Waals surface area contributed by atoms with Gasteiger partial charge < -0.3 is 24.3 Å². The van der Waals surface area contributed by atoms with E-state index >= 15 is 0 Å². The second-order valence-electron chi connectivity index (χ2n) is 10.3. The molecule has 0 bridgehead atoms. The normalized spacial score (nSPS) is 21.1. The molecule has 0 spiro atoms. The highest BCUT2D eigenvalue weighted by atomic mass is 16.6. The molecule has 2 amide bonds. The smallest absolute Gasteiger partial charge is 0.425 e. The van der Waals surface area contributed by atoms with Gasteiger partial charge in [0.15, 0.2) is 11.5 Å². The van der Waals surface area contributed by atoms with Crippen molar-refractivity contribution in [1.82, 2.24) is 20.2 Å². The van der Waals surface area contributed by atoms with Crippen molar-refractivity contribution in [3.05, 3.63) is 36.5 Å². The number of hydrogen-bond acceptors (Lipinski definition) is 10. The van der Waals surface area contributed by atoms with Crippen molar-refractivity contribution in [3.8, 4) is 23.0 Å². The van der Waals surface area contributed by atoms with E-state index in [0.29, 0.717) is 35.3 Å². The maximum Gasteiger partial charge on any atom is 0.425 e. The summed E-state index contributed by atoms with van der Waals surface area (Å²) in [6.45, 7) is 6.16. The highest BCUT2D eigenvalue weighted by Gasteiger charge is 2.43. The molecule has 5 rings (SSSR count). The molecule has 2 fully saturated rings. The van der Waals surface area contributed by atoms with Crippen LogP contribution in [0.15, 0.2) is 40.9 Å². The summed E-state index contributed by atoms with van der Waals surface area (Å²) in [6.07, 6.45) is 0.0224. The molecule has 2 aromatic heterocycles. The molecule has 3 atom stereocenters. The molecule has 194 valence electrons. The highest BCUT2D eigenvalue weighted by molar-refractivity contribution is 6.09. The van der Waals surface area contributed by atoms with Crippen LogP contribution in [-0.4, -0.2) is 67.4 Å². The van der Waals surface area contributed by atoms with Crippen LogP contribution < -0.4 is 9.80 Å². The molecule has 12 heteroatoms. The molecule has 1 saturated heterocycles. The maximum atomic E-state index is 12.9. The Balaban J connectivity index is 1.57. The molecular formula is C25H28N6O6. The number of nitrogens with zero attached hydrogens (tertiary/aromatic N) is 6. The molecule has 1 unspecified atom stereocenters. The van der Waals surface area contributed by atoms with Crippen molar-refractivity contribution in [2.75, 3.05) is 22.9 Å². The molecule has 1 aliphatic carbocycles. The summed E-state index contributed by atoms with van der Waals surface area (Å²) < 4.78 is 11.2. The van der Waals surface area contributed by atoms with Crippen LogP contribution in [0, 0.1) is 11.8 Å². The van der Waals surface area contributed by atoms with Crippen LogP contribution in [0.25, 0.3) is 23.0 Å². The van der Waals surface area contributed by atoms with Gasteiger partial charge in [0.2, 0.25) is 5.89 Å². The van der Waals surface area contributed by atoms with Crippen molar-refractivity contribution in [1.29, 1.82) is 0 Å². The minimum atomic E-state index is -1.60. The highest BCUT2D eigenvalue weighted by Crippen LogP contribution is 2.40. The quantitative estimate of drug-likeness (QED) is 0.528. The zero-order valence-corrected chi connectivity index (χ0v) is 20.7. The first-order valence-corrected chi connectivity index (χ1v) is 12.1. The number of carbonyl (C=O) groups is 2. The zero-order chi connectivity index (χ0) is 26.3. The van der Waals surface area contributed by atoms with Crippen LogP contribution in [0.2, 0.25) is 0 Å². The van der Waals surface area contributed by atoms with Crippen LogP contribution in [0.4, 0.5) is 21.2 Å². The number of anilines is 2. The van der Waals surface area contributed by atoms with Crippen LogP contribution >= 0.6 is 0 Å². The Bertz CT molecular complexity index is 1310. The average Bonchev–Trinajstić information content (AvgIpc) is 3.57. The number of imide groups is 1.